The largest absolute Gasteiger partial charge is 0.370 e. The smallest absolute Gasteiger partial charge is 0.193 e. The van der Waals surface area contributed by atoms with Crippen LogP contribution >= 0.6 is 11.8 Å². The van der Waals surface area contributed by atoms with Gasteiger partial charge in [0.2, 0.25) is 0 Å². The summed E-state index contributed by atoms with van der Waals surface area (Å²) >= 11 is 1.79. The first-order valence-electron chi connectivity index (χ1n) is 6.22. The van der Waals surface area contributed by atoms with Crippen molar-refractivity contribution in [3.05, 3.63) is 29.8 Å². The van der Waals surface area contributed by atoms with Crippen LogP contribution in [-0.2, 0) is 0 Å². The Balaban J connectivity index is 2.64. The molecule has 1 aromatic rings. The van der Waals surface area contributed by atoms with Crippen molar-refractivity contribution in [2.45, 2.75) is 31.9 Å². The Hall–Kier alpha value is -1.16. The van der Waals surface area contributed by atoms with Gasteiger partial charge in [0.05, 0.1) is 6.54 Å². The standard InChI is InChI=1S/C14H23N3S/c1-10(2)12-6-5-7-13(8-12)17-14(15)16-9-11(3)18-4/h5-8,10-11H,9H2,1-4H3,(H3,15,16,17). The molecule has 0 spiro atoms. The SMILES string of the molecule is CSC(C)CN=C(N)Nc1cccc(C(C)C)c1. The second kappa shape index (κ2) is 7.31. The third kappa shape index (κ3) is 5.00. The van der Waals surface area contributed by atoms with Crippen LogP contribution in [0.15, 0.2) is 29.3 Å². The van der Waals surface area contributed by atoms with Crippen molar-refractivity contribution in [3.8, 4) is 0 Å². The number of benzene rings is 1. The molecule has 1 atom stereocenters. The van der Waals surface area contributed by atoms with E-state index < -0.39 is 0 Å². The molecule has 0 heterocycles. The van der Waals surface area contributed by atoms with Crippen molar-refractivity contribution in [1.82, 2.24) is 0 Å². The van der Waals surface area contributed by atoms with Crippen molar-refractivity contribution in [2.24, 2.45) is 10.7 Å². The molecule has 0 bridgehead atoms. The van der Waals surface area contributed by atoms with E-state index in [1.165, 1.54) is 5.56 Å². The molecule has 0 amide bonds. The number of guanidine groups is 1. The Morgan fingerprint density at radius 2 is 2.11 bits per heavy atom. The van der Waals surface area contributed by atoms with E-state index in [0.29, 0.717) is 17.1 Å². The highest BCUT2D eigenvalue weighted by Crippen LogP contribution is 2.18. The summed E-state index contributed by atoms with van der Waals surface area (Å²) in [5, 5.41) is 3.63. The van der Waals surface area contributed by atoms with Crippen LogP contribution in [0.2, 0.25) is 0 Å². The van der Waals surface area contributed by atoms with Crippen molar-refractivity contribution >= 4 is 23.4 Å². The first-order chi connectivity index (χ1) is 8.52. The van der Waals surface area contributed by atoms with Gasteiger partial charge in [0.15, 0.2) is 5.96 Å². The Morgan fingerprint density at radius 3 is 2.72 bits per heavy atom. The van der Waals surface area contributed by atoms with Crippen LogP contribution in [0.25, 0.3) is 0 Å². The van der Waals surface area contributed by atoms with Gasteiger partial charge in [-0.15, -0.1) is 0 Å². The van der Waals surface area contributed by atoms with Crippen LogP contribution < -0.4 is 11.1 Å². The number of aliphatic imine (C=N–C) groups is 1. The fourth-order valence-electron chi connectivity index (χ4n) is 1.46. The summed E-state index contributed by atoms with van der Waals surface area (Å²) in [6.07, 6.45) is 2.08. The second-order valence-corrected chi connectivity index (χ2v) is 5.95. The molecule has 0 aliphatic carbocycles. The van der Waals surface area contributed by atoms with Gasteiger partial charge in [-0.25, -0.2) is 0 Å². The number of nitrogens with one attached hydrogen (secondary N) is 1. The molecule has 0 saturated carbocycles. The fourth-order valence-corrected chi connectivity index (χ4v) is 1.69. The van der Waals surface area contributed by atoms with E-state index >= 15 is 0 Å². The lowest BCUT2D eigenvalue weighted by molar-refractivity contribution is 0.867. The zero-order chi connectivity index (χ0) is 13.5. The summed E-state index contributed by atoms with van der Waals surface area (Å²) in [5.74, 6) is 0.998. The van der Waals surface area contributed by atoms with Crippen LogP contribution in [0.4, 0.5) is 5.69 Å². The summed E-state index contributed by atoms with van der Waals surface area (Å²) in [5.41, 5.74) is 8.16. The number of hydrogen-bond donors (Lipinski definition) is 2. The summed E-state index contributed by atoms with van der Waals surface area (Å²) < 4.78 is 0. The lowest BCUT2D eigenvalue weighted by atomic mass is 10.0. The van der Waals surface area contributed by atoms with Gasteiger partial charge in [0.25, 0.3) is 0 Å². The maximum absolute atomic E-state index is 5.86. The highest BCUT2D eigenvalue weighted by atomic mass is 32.2. The van der Waals surface area contributed by atoms with Gasteiger partial charge in [-0.2, -0.15) is 11.8 Å². The average molecular weight is 265 g/mol. The highest BCUT2D eigenvalue weighted by Gasteiger charge is 2.02. The van der Waals surface area contributed by atoms with E-state index in [2.05, 4.69) is 49.5 Å². The number of hydrogen-bond acceptors (Lipinski definition) is 2. The van der Waals surface area contributed by atoms with Crippen molar-refractivity contribution in [2.75, 3.05) is 18.1 Å². The van der Waals surface area contributed by atoms with Gasteiger partial charge >= 0.3 is 0 Å². The minimum atomic E-state index is 0.483. The molecule has 100 valence electrons. The van der Waals surface area contributed by atoms with Crippen LogP contribution in [0.3, 0.4) is 0 Å². The molecule has 0 aromatic heterocycles. The zero-order valence-corrected chi connectivity index (χ0v) is 12.4. The molecule has 4 heteroatoms. The van der Waals surface area contributed by atoms with Crippen LogP contribution in [-0.4, -0.2) is 24.0 Å². The quantitative estimate of drug-likeness (QED) is 0.634. The Morgan fingerprint density at radius 1 is 1.39 bits per heavy atom. The van der Waals surface area contributed by atoms with Gasteiger partial charge < -0.3 is 11.1 Å². The third-order valence-corrected chi connectivity index (χ3v) is 3.70. The molecular formula is C14H23N3S. The molecule has 1 aromatic carbocycles. The van der Waals surface area contributed by atoms with E-state index in [9.17, 15) is 0 Å². The topological polar surface area (TPSA) is 50.4 Å². The molecule has 18 heavy (non-hydrogen) atoms. The van der Waals surface area contributed by atoms with Crippen LogP contribution in [0, 0.1) is 0 Å². The van der Waals surface area contributed by atoms with Gasteiger partial charge in [-0.3, -0.25) is 4.99 Å². The first-order valence-corrected chi connectivity index (χ1v) is 7.51. The van der Waals surface area contributed by atoms with Gasteiger partial charge in [0, 0.05) is 10.9 Å². The minimum absolute atomic E-state index is 0.483. The van der Waals surface area contributed by atoms with Crippen molar-refractivity contribution < 1.29 is 0 Å². The normalized spacial score (nSPS) is 13.7. The highest BCUT2D eigenvalue weighted by molar-refractivity contribution is 7.99. The predicted molar refractivity (Wildman–Crippen MR) is 83.6 cm³/mol. The number of nitrogens with two attached hydrogens (primary N) is 1. The lowest BCUT2D eigenvalue weighted by Gasteiger charge is -2.10. The van der Waals surface area contributed by atoms with Crippen LogP contribution in [0.5, 0.6) is 0 Å². The summed E-state index contributed by atoms with van der Waals surface area (Å²) in [6.45, 7) is 7.23. The molecule has 3 N–H and O–H groups in total. The monoisotopic (exact) mass is 265 g/mol. The molecule has 0 aliphatic rings. The molecule has 0 aliphatic heterocycles. The Labute approximate surface area is 114 Å². The minimum Gasteiger partial charge on any atom is -0.370 e. The molecule has 1 rings (SSSR count). The second-order valence-electron chi connectivity index (χ2n) is 4.68. The maximum Gasteiger partial charge on any atom is 0.193 e. The van der Waals surface area contributed by atoms with E-state index in [4.69, 9.17) is 5.73 Å². The van der Waals surface area contributed by atoms with E-state index in [-0.39, 0.29) is 0 Å². The molecular weight excluding hydrogens is 242 g/mol. The number of anilines is 1. The third-order valence-electron chi connectivity index (χ3n) is 2.75. The van der Waals surface area contributed by atoms with Crippen molar-refractivity contribution in [3.63, 3.8) is 0 Å². The summed E-state index contributed by atoms with van der Waals surface area (Å²) in [4.78, 5) is 4.33. The molecule has 0 fully saturated rings. The maximum atomic E-state index is 5.86. The number of rotatable bonds is 5. The lowest BCUT2D eigenvalue weighted by Crippen LogP contribution is -2.24. The van der Waals surface area contributed by atoms with Gasteiger partial charge in [0.1, 0.15) is 0 Å². The van der Waals surface area contributed by atoms with E-state index in [1.54, 1.807) is 11.8 Å². The van der Waals surface area contributed by atoms with Gasteiger partial charge in [-0.1, -0.05) is 32.9 Å². The number of thioether (sulfide) groups is 1. The predicted octanol–water partition coefficient (Wildman–Crippen LogP) is 3.29. The molecule has 0 radical (unpaired) electrons. The summed E-state index contributed by atoms with van der Waals surface area (Å²) in [6, 6.07) is 8.28. The van der Waals surface area contributed by atoms with E-state index in [1.807, 2.05) is 12.1 Å². The van der Waals surface area contributed by atoms with Crippen LogP contribution in [0.1, 0.15) is 32.3 Å². The van der Waals surface area contributed by atoms with Crippen molar-refractivity contribution in [1.29, 1.82) is 0 Å². The fraction of sp³-hybridized carbons (Fsp3) is 0.500. The van der Waals surface area contributed by atoms with Gasteiger partial charge in [-0.05, 0) is 29.9 Å². The molecule has 0 saturated heterocycles. The zero-order valence-electron chi connectivity index (χ0n) is 11.6. The molecule has 3 nitrogen and oxygen atoms in total. The molecule has 1 unspecified atom stereocenters. The first kappa shape index (κ1) is 14.9. The summed E-state index contributed by atoms with van der Waals surface area (Å²) in [7, 11) is 0. The Kier molecular flexibility index (Phi) is 6.05. The average Bonchev–Trinajstić information content (AvgIpc) is 2.36. The van der Waals surface area contributed by atoms with E-state index in [0.717, 1.165) is 12.2 Å². The number of nitrogens with zero attached hydrogens (tertiary/aromatic N) is 1. The Bertz CT molecular complexity index is 402.